The molecule has 0 fully saturated rings. The first kappa shape index (κ1) is 17.7. The van der Waals surface area contributed by atoms with Crippen molar-refractivity contribution < 1.29 is 4.79 Å². The third kappa shape index (κ3) is 7.25. The van der Waals surface area contributed by atoms with Crippen LogP contribution in [0.3, 0.4) is 0 Å². The maximum atomic E-state index is 12.0. The van der Waals surface area contributed by atoms with Crippen LogP contribution in [-0.2, 0) is 11.2 Å². The number of aryl methyl sites for hydroxylation is 1. The number of hydrogen-bond donors (Lipinski definition) is 2. The van der Waals surface area contributed by atoms with Crippen molar-refractivity contribution in [1.82, 2.24) is 10.2 Å². The molecule has 21 heavy (non-hydrogen) atoms. The second-order valence-electron chi connectivity index (χ2n) is 6.75. The zero-order valence-electron chi connectivity index (χ0n) is 13.7. The lowest BCUT2D eigenvalue weighted by atomic mass is 9.92. The van der Waals surface area contributed by atoms with Gasteiger partial charge in [0.2, 0.25) is 5.91 Å². The first-order chi connectivity index (χ1) is 9.80. The summed E-state index contributed by atoms with van der Waals surface area (Å²) in [6.45, 7) is 5.85. The normalized spacial score (nSPS) is 13.2. The second-order valence-corrected chi connectivity index (χ2v) is 6.75. The number of benzene rings is 1. The molecule has 3 N–H and O–H groups in total. The fraction of sp³-hybridized carbons (Fsp3) is 0.588. The van der Waals surface area contributed by atoms with Crippen LogP contribution in [0.4, 0.5) is 0 Å². The lowest BCUT2D eigenvalue weighted by molar-refractivity contribution is -0.123. The highest BCUT2D eigenvalue weighted by Gasteiger charge is 2.21. The summed E-state index contributed by atoms with van der Waals surface area (Å²) in [4.78, 5) is 14.2. The molecule has 0 spiro atoms. The lowest BCUT2D eigenvalue weighted by Crippen LogP contribution is -2.46. The third-order valence-electron chi connectivity index (χ3n) is 3.41. The van der Waals surface area contributed by atoms with E-state index in [1.165, 1.54) is 5.56 Å². The van der Waals surface area contributed by atoms with Gasteiger partial charge in [-0.1, -0.05) is 44.2 Å². The summed E-state index contributed by atoms with van der Waals surface area (Å²) in [5.41, 5.74) is 7.23. The van der Waals surface area contributed by atoms with Crippen LogP contribution in [-0.4, -0.2) is 44.0 Å². The topological polar surface area (TPSA) is 58.4 Å². The summed E-state index contributed by atoms with van der Waals surface area (Å²) in [6, 6.07) is 9.67. The van der Waals surface area contributed by atoms with Gasteiger partial charge >= 0.3 is 0 Å². The van der Waals surface area contributed by atoms with Gasteiger partial charge in [0.1, 0.15) is 0 Å². The molecule has 0 bridgehead atoms. The van der Waals surface area contributed by atoms with Crippen molar-refractivity contribution in [3.05, 3.63) is 35.9 Å². The highest BCUT2D eigenvalue weighted by atomic mass is 16.2. The molecule has 118 valence electrons. The molecular weight excluding hydrogens is 262 g/mol. The molecule has 1 rings (SSSR count). The van der Waals surface area contributed by atoms with E-state index in [-0.39, 0.29) is 11.3 Å². The van der Waals surface area contributed by atoms with Gasteiger partial charge in [-0.25, -0.2) is 0 Å². The van der Waals surface area contributed by atoms with Crippen molar-refractivity contribution in [2.45, 2.75) is 32.7 Å². The molecule has 0 aliphatic carbocycles. The van der Waals surface area contributed by atoms with Crippen molar-refractivity contribution in [1.29, 1.82) is 0 Å². The number of amides is 1. The molecule has 0 saturated heterocycles. The van der Waals surface area contributed by atoms with Crippen LogP contribution in [0.15, 0.2) is 30.3 Å². The molecule has 0 saturated carbocycles. The number of nitrogens with one attached hydrogen (secondary N) is 1. The number of nitrogens with zero attached hydrogens (tertiary/aromatic N) is 1. The minimum absolute atomic E-state index is 0.0400. The third-order valence-corrected chi connectivity index (χ3v) is 3.41. The zero-order chi connectivity index (χ0) is 15.9. The van der Waals surface area contributed by atoms with Crippen molar-refractivity contribution in [2.24, 2.45) is 11.1 Å². The van der Waals surface area contributed by atoms with Crippen molar-refractivity contribution in [2.75, 3.05) is 27.2 Å². The quantitative estimate of drug-likeness (QED) is 0.766. The molecule has 1 amide bonds. The molecule has 0 heterocycles. The molecule has 0 aromatic heterocycles. The van der Waals surface area contributed by atoms with E-state index in [0.29, 0.717) is 13.0 Å². The summed E-state index contributed by atoms with van der Waals surface area (Å²) in [5.74, 6) is -0.0576. The summed E-state index contributed by atoms with van der Waals surface area (Å²) < 4.78 is 0. The standard InChI is InChI=1S/C17H29N3O/c1-17(2,13-20(3)4)12-19-16(21)15(18)11-10-14-8-6-5-7-9-14/h5-9,15H,10-13,18H2,1-4H3,(H,19,21)/t15-/m0/s1. The zero-order valence-corrected chi connectivity index (χ0v) is 13.7. The van der Waals surface area contributed by atoms with Gasteiger partial charge in [0.15, 0.2) is 0 Å². The highest BCUT2D eigenvalue weighted by molar-refractivity contribution is 5.81. The Morgan fingerprint density at radius 3 is 2.48 bits per heavy atom. The number of nitrogens with two attached hydrogens (primary N) is 1. The van der Waals surface area contributed by atoms with Gasteiger partial charge in [0, 0.05) is 13.1 Å². The van der Waals surface area contributed by atoms with Crippen LogP contribution in [0.1, 0.15) is 25.8 Å². The molecule has 0 radical (unpaired) electrons. The van der Waals surface area contributed by atoms with Crippen LogP contribution in [0.25, 0.3) is 0 Å². The van der Waals surface area contributed by atoms with Crippen molar-refractivity contribution in [3.8, 4) is 0 Å². The van der Waals surface area contributed by atoms with Gasteiger partial charge in [0.05, 0.1) is 6.04 Å². The summed E-state index contributed by atoms with van der Waals surface area (Å²) in [7, 11) is 4.07. The molecule has 1 aromatic rings. The SMILES string of the molecule is CN(C)CC(C)(C)CNC(=O)[C@@H](N)CCc1ccccc1. The summed E-state index contributed by atoms with van der Waals surface area (Å²) >= 11 is 0. The van der Waals surface area contributed by atoms with Gasteiger partial charge < -0.3 is 16.0 Å². The Kier molecular flexibility index (Phi) is 6.85. The Morgan fingerprint density at radius 1 is 1.29 bits per heavy atom. The molecule has 1 atom stereocenters. The maximum absolute atomic E-state index is 12.0. The average molecular weight is 291 g/mol. The predicted molar refractivity (Wildman–Crippen MR) is 88.1 cm³/mol. The van der Waals surface area contributed by atoms with E-state index in [2.05, 4.69) is 36.2 Å². The van der Waals surface area contributed by atoms with Gasteiger partial charge in [-0.15, -0.1) is 0 Å². The summed E-state index contributed by atoms with van der Waals surface area (Å²) in [5, 5.41) is 2.97. The van der Waals surface area contributed by atoms with E-state index in [1.54, 1.807) is 0 Å². The number of carbonyl (C=O) groups is 1. The van der Waals surface area contributed by atoms with Crippen LogP contribution in [0.2, 0.25) is 0 Å². The minimum atomic E-state index is -0.444. The largest absolute Gasteiger partial charge is 0.354 e. The van der Waals surface area contributed by atoms with E-state index in [0.717, 1.165) is 13.0 Å². The fourth-order valence-corrected chi connectivity index (χ4v) is 2.47. The average Bonchev–Trinajstić information content (AvgIpc) is 2.42. The minimum Gasteiger partial charge on any atom is -0.354 e. The first-order valence-electron chi connectivity index (χ1n) is 7.52. The van der Waals surface area contributed by atoms with Gasteiger partial charge in [-0.2, -0.15) is 0 Å². The molecule has 4 heteroatoms. The fourth-order valence-electron chi connectivity index (χ4n) is 2.47. The van der Waals surface area contributed by atoms with E-state index in [1.807, 2.05) is 32.3 Å². The van der Waals surface area contributed by atoms with E-state index >= 15 is 0 Å². The Balaban J connectivity index is 2.34. The van der Waals surface area contributed by atoms with Crippen LogP contribution < -0.4 is 11.1 Å². The van der Waals surface area contributed by atoms with Crippen LogP contribution in [0, 0.1) is 5.41 Å². The number of hydrogen-bond acceptors (Lipinski definition) is 3. The molecule has 4 nitrogen and oxygen atoms in total. The first-order valence-corrected chi connectivity index (χ1v) is 7.52. The van der Waals surface area contributed by atoms with Crippen LogP contribution in [0.5, 0.6) is 0 Å². The molecule has 1 aromatic carbocycles. The van der Waals surface area contributed by atoms with Crippen LogP contribution >= 0.6 is 0 Å². The van der Waals surface area contributed by atoms with E-state index < -0.39 is 6.04 Å². The monoisotopic (exact) mass is 291 g/mol. The smallest absolute Gasteiger partial charge is 0.236 e. The maximum Gasteiger partial charge on any atom is 0.236 e. The second kappa shape index (κ2) is 8.15. The predicted octanol–water partition coefficient (Wildman–Crippen LogP) is 1.65. The number of carbonyl (C=O) groups excluding carboxylic acids is 1. The summed E-state index contributed by atoms with van der Waals surface area (Å²) in [6.07, 6.45) is 1.50. The Morgan fingerprint density at radius 2 is 1.90 bits per heavy atom. The molecule has 0 aliphatic heterocycles. The molecular formula is C17H29N3O. The number of rotatable bonds is 8. The molecule has 0 unspecified atom stereocenters. The Bertz CT molecular complexity index is 429. The van der Waals surface area contributed by atoms with Gasteiger partial charge in [0.25, 0.3) is 0 Å². The highest BCUT2D eigenvalue weighted by Crippen LogP contribution is 2.14. The van der Waals surface area contributed by atoms with Crippen molar-refractivity contribution in [3.63, 3.8) is 0 Å². The molecule has 0 aliphatic rings. The van der Waals surface area contributed by atoms with Gasteiger partial charge in [-0.3, -0.25) is 4.79 Å². The van der Waals surface area contributed by atoms with Crippen molar-refractivity contribution >= 4 is 5.91 Å². The van der Waals surface area contributed by atoms with E-state index in [4.69, 9.17) is 5.73 Å². The Labute approximate surface area is 128 Å². The van der Waals surface area contributed by atoms with Gasteiger partial charge in [-0.05, 0) is 37.9 Å². The Hall–Kier alpha value is -1.39. The lowest BCUT2D eigenvalue weighted by Gasteiger charge is -2.29. The van der Waals surface area contributed by atoms with E-state index in [9.17, 15) is 4.79 Å².